The number of amides is 7. The molecule has 0 aliphatic rings. The smallest absolute Gasteiger partial charge is 0.312 e. The predicted octanol–water partition coefficient (Wildman–Crippen LogP) is -1.15. The van der Waals surface area contributed by atoms with Crippen LogP contribution >= 0.6 is 0 Å². The van der Waals surface area contributed by atoms with Crippen LogP contribution in [0, 0.1) is 11.8 Å². The zero-order valence-corrected chi connectivity index (χ0v) is 33.6. The van der Waals surface area contributed by atoms with Crippen LogP contribution in [0.25, 0.3) is 0 Å². The molecule has 0 radical (unpaired) electrons. The zero-order chi connectivity index (χ0) is 43.3. The van der Waals surface area contributed by atoms with Gasteiger partial charge in [-0.1, -0.05) is 33.8 Å². The van der Waals surface area contributed by atoms with Crippen LogP contribution in [0.4, 0.5) is 10.5 Å². The van der Waals surface area contributed by atoms with Crippen molar-refractivity contribution < 1.29 is 60.8 Å². The minimum Gasteiger partial charge on any atom is -0.461 e. The fourth-order valence-electron chi connectivity index (χ4n) is 4.80. The van der Waals surface area contributed by atoms with Crippen LogP contribution in [0.3, 0.4) is 0 Å². The van der Waals surface area contributed by atoms with Gasteiger partial charge >= 0.3 is 12.0 Å². The topological polar surface area (TPSA) is 334 Å². The SMILES string of the molecule is CC(=O)CCOCCC(=O)N[C@H](CS(=O)(=O)O)C(=O)N[C@H](C(=O)N[C@@H](CCCNC(N)=O)C(=O)Nc1ccc(COC(=O)C(C)C)c(C(=O)NCCN)c1)C(C)C. The van der Waals surface area contributed by atoms with Gasteiger partial charge in [0, 0.05) is 49.3 Å². The molecule has 1 rings (SSSR count). The molecule has 0 fully saturated rings. The highest BCUT2D eigenvalue weighted by Crippen LogP contribution is 2.19. The fourth-order valence-corrected chi connectivity index (χ4v) is 5.45. The van der Waals surface area contributed by atoms with Gasteiger partial charge in [-0.05, 0) is 37.8 Å². The van der Waals surface area contributed by atoms with Crippen molar-refractivity contribution in [3.8, 4) is 0 Å². The summed E-state index contributed by atoms with van der Waals surface area (Å²) < 4.78 is 43.5. The Morgan fingerprint density at radius 1 is 0.842 bits per heavy atom. The van der Waals surface area contributed by atoms with E-state index in [1.54, 1.807) is 27.7 Å². The number of rotatable bonds is 26. The van der Waals surface area contributed by atoms with Gasteiger partial charge in [0.05, 0.1) is 19.1 Å². The lowest BCUT2D eigenvalue weighted by atomic mass is 10.0. The molecular formula is C35H56N8O13S. The Bertz CT molecular complexity index is 1690. The summed E-state index contributed by atoms with van der Waals surface area (Å²) in [7, 11) is -4.82. The average Bonchev–Trinajstić information content (AvgIpc) is 3.11. The molecule has 21 nitrogen and oxygen atoms in total. The molecule has 11 N–H and O–H groups in total. The van der Waals surface area contributed by atoms with Crippen LogP contribution in [0.1, 0.15) is 76.2 Å². The van der Waals surface area contributed by atoms with Gasteiger partial charge in [0.15, 0.2) is 0 Å². The number of hydrogen-bond acceptors (Lipinski definition) is 13. The minimum absolute atomic E-state index is 0.0212. The summed E-state index contributed by atoms with van der Waals surface area (Å²) in [5.74, 6) is -7.14. The molecule has 0 bridgehead atoms. The predicted molar refractivity (Wildman–Crippen MR) is 206 cm³/mol. The summed E-state index contributed by atoms with van der Waals surface area (Å²) in [6.45, 7) is 7.67. The number of carbonyl (C=O) groups excluding carboxylic acids is 8. The summed E-state index contributed by atoms with van der Waals surface area (Å²) in [4.78, 5) is 101. The second-order valence-electron chi connectivity index (χ2n) is 13.6. The van der Waals surface area contributed by atoms with Crippen molar-refractivity contribution in [2.75, 3.05) is 43.9 Å². The second-order valence-corrected chi connectivity index (χ2v) is 15.1. The highest BCUT2D eigenvalue weighted by atomic mass is 32.2. The molecular weight excluding hydrogens is 772 g/mol. The molecule has 0 heterocycles. The molecule has 1 aromatic carbocycles. The molecule has 3 atom stereocenters. The first-order valence-electron chi connectivity index (χ1n) is 18.2. The average molecular weight is 829 g/mol. The Morgan fingerprint density at radius 2 is 1.51 bits per heavy atom. The summed E-state index contributed by atoms with van der Waals surface area (Å²) in [6, 6.07) is -1.13. The molecule has 0 aliphatic carbocycles. The lowest BCUT2D eigenvalue weighted by Crippen LogP contribution is -2.59. The number of anilines is 1. The highest BCUT2D eigenvalue weighted by Gasteiger charge is 2.33. The molecule has 320 valence electrons. The van der Waals surface area contributed by atoms with Gasteiger partial charge in [-0.3, -0.25) is 38.1 Å². The van der Waals surface area contributed by atoms with Gasteiger partial charge in [-0.2, -0.15) is 8.42 Å². The first-order valence-corrected chi connectivity index (χ1v) is 19.8. The number of hydrogen-bond donors (Lipinski definition) is 9. The van der Waals surface area contributed by atoms with Crippen molar-refractivity contribution in [3.05, 3.63) is 29.3 Å². The van der Waals surface area contributed by atoms with Gasteiger partial charge < -0.3 is 52.8 Å². The van der Waals surface area contributed by atoms with E-state index in [-0.39, 0.29) is 82.2 Å². The third-order valence-corrected chi connectivity index (χ3v) is 8.60. The summed E-state index contributed by atoms with van der Waals surface area (Å²) in [5, 5.41) is 14.7. The third-order valence-electron chi connectivity index (χ3n) is 7.84. The lowest BCUT2D eigenvalue weighted by molar-refractivity contribution is -0.148. The van der Waals surface area contributed by atoms with Crippen LogP contribution in [-0.2, 0) is 55.0 Å². The second kappa shape index (κ2) is 25.1. The molecule has 22 heteroatoms. The molecule has 0 aliphatic heterocycles. The molecule has 1 aromatic rings. The molecule has 0 saturated carbocycles. The maximum atomic E-state index is 13.7. The number of ketones is 1. The molecule has 7 amide bonds. The van der Waals surface area contributed by atoms with Crippen molar-refractivity contribution in [3.63, 3.8) is 0 Å². The summed E-state index contributed by atoms with van der Waals surface area (Å²) >= 11 is 0. The van der Waals surface area contributed by atoms with Crippen molar-refractivity contribution in [2.45, 2.75) is 85.0 Å². The number of ether oxygens (including phenoxy) is 2. The van der Waals surface area contributed by atoms with Crippen LogP contribution in [-0.4, -0.2) is 117 Å². The zero-order valence-electron chi connectivity index (χ0n) is 32.8. The van der Waals surface area contributed by atoms with E-state index in [0.717, 1.165) is 0 Å². The Balaban J connectivity index is 3.30. The van der Waals surface area contributed by atoms with Gasteiger partial charge in [0.25, 0.3) is 16.0 Å². The maximum Gasteiger partial charge on any atom is 0.312 e. The van der Waals surface area contributed by atoms with Crippen LogP contribution < -0.4 is 43.4 Å². The molecule has 0 aromatic heterocycles. The Labute approximate surface area is 331 Å². The van der Waals surface area contributed by atoms with E-state index in [0.29, 0.717) is 5.56 Å². The summed E-state index contributed by atoms with van der Waals surface area (Å²) in [6.07, 6.45) is -0.147. The van der Waals surface area contributed by atoms with Crippen LogP contribution in [0.5, 0.6) is 0 Å². The van der Waals surface area contributed by atoms with E-state index < -0.39 is 87.4 Å². The highest BCUT2D eigenvalue weighted by molar-refractivity contribution is 7.85. The Hall–Kier alpha value is -5.19. The summed E-state index contributed by atoms with van der Waals surface area (Å²) in [5.41, 5.74) is 11.2. The number of nitrogens with one attached hydrogen (secondary N) is 6. The van der Waals surface area contributed by atoms with E-state index in [4.69, 9.17) is 20.9 Å². The van der Waals surface area contributed by atoms with Crippen molar-refractivity contribution in [1.82, 2.24) is 26.6 Å². The monoisotopic (exact) mass is 828 g/mol. The number of primary amides is 1. The standard InChI is InChI=1S/C35H56N8O13S/c1-20(2)29(43-32(48)27(19-57(52,53)54)41-28(45)11-16-55-15-10-22(5)44)33(49)42-26(7-6-13-39-35(37)51)31(47)40-24-9-8-23(18-56-34(50)21(3)4)25(17-24)30(46)38-14-12-36/h8-9,17,20-21,26-27,29H,6-7,10-16,18-19,36H2,1-5H3,(H,38,46)(H,40,47)(H,41,45)(H,42,49)(H,43,48)(H3,37,39,51)(H,52,53,54)/t26-,27+,29-/m0/s1. The van der Waals surface area contributed by atoms with E-state index in [9.17, 15) is 51.3 Å². The number of Topliss-reactive ketones (excluding diaryl/α,β-unsaturated/α-hetero) is 1. The van der Waals surface area contributed by atoms with Gasteiger partial charge in [0.1, 0.15) is 36.3 Å². The van der Waals surface area contributed by atoms with Crippen LogP contribution in [0.15, 0.2) is 18.2 Å². The van der Waals surface area contributed by atoms with Gasteiger partial charge in [-0.15, -0.1) is 0 Å². The maximum absolute atomic E-state index is 13.7. The Morgan fingerprint density at radius 3 is 2.09 bits per heavy atom. The van der Waals surface area contributed by atoms with Gasteiger partial charge in [0.2, 0.25) is 23.6 Å². The molecule has 0 unspecified atom stereocenters. The van der Waals surface area contributed by atoms with E-state index in [1.807, 2.05) is 0 Å². The van der Waals surface area contributed by atoms with E-state index in [2.05, 4.69) is 31.9 Å². The normalized spacial score (nSPS) is 12.8. The Kier molecular flexibility index (Phi) is 22.0. The lowest BCUT2D eigenvalue weighted by Gasteiger charge is -2.27. The molecule has 0 saturated heterocycles. The van der Waals surface area contributed by atoms with Crippen molar-refractivity contribution in [1.29, 1.82) is 0 Å². The number of urea groups is 1. The first kappa shape index (κ1) is 49.8. The van der Waals surface area contributed by atoms with Crippen molar-refractivity contribution in [2.24, 2.45) is 23.3 Å². The fraction of sp³-hybridized carbons (Fsp3) is 0.600. The minimum atomic E-state index is -4.82. The third kappa shape index (κ3) is 20.5. The quantitative estimate of drug-likeness (QED) is 0.0303. The number of benzene rings is 1. The first-order chi connectivity index (χ1) is 26.6. The van der Waals surface area contributed by atoms with Crippen molar-refractivity contribution >= 4 is 63.1 Å². The van der Waals surface area contributed by atoms with Crippen LogP contribution in [0.2, 0.25) is 0 Å². The molecule has 0 spiro atoms. The van der Waals surface area contributed by atoms with Gasteiger partial charge in [-0.25, -0.2) is 4.79 Å². The largest absolute Gasteiger partial charge is 0.461 e. The van der Waals surface area contributed by atoms with E-state index in [1.165, 1.54) is 25.1 Å². The number of nitrogens with two attached hydrogens (primary N) is 2. The molecule has 57 heavy (non-hydrogen) atoms. The number of esters is 1. The number of carbonyl (C=O) groups is 8. The van der Waals surface area contributed by atoms with E-state index >= 15 is 0 Å².